The van der Waals surface area contributed by atoms with Gasteiger partial charge in [0.1, 0.15) is 38.9 Å². The smallest absolute Gasteiger partial charge is 0.181 e. The molecule has 7 heterocycles. The number of furan rings is 4. The molecule has 0 aliphatic rings. The minimum absolute atomic E-state index is 0.541. The van der Waals surface area contributed by atoms with Crippen molar-refractivity contribution in [3.8, 4) is 0 Å². The van der Waals surface area contributed by atoms with Gasteiger partial charge in [-0.3, -0.25) is 0 Å². The Morgan fingerprint density at radius 1 is 0.214 bits per heavy atom. The van der Waals surface area contributed by atoms with E-state index in [0.29, 0.717) is 41.4 Å². The molecule has 7 aromatic carbocycles. The van der Waals surface area contributed by atoms with Gasteiger partial charge in [0.2, 0.25) is 0 Å². The first-order valence-corrected chi connectivity index (χ1v) is 29.3. The van der Waals surface area contributed by atoms with Crippen LogP contribution in [-0.2, 0) is 0 Å². The third-order valence-electron chi connectivity index (χ3n) is 14.6. The normalized spacial score (nSPS) is 11.2. The Hall–Kier alpha value is -8.89. The highest BCUT2D eigenvalue weighted by atomic mass is 16.3. The Labute approximate surface area is 493 Å². The predicted molar refractivity (Wildman–Crippen MR) is 346 cm³/mol. The van der Waals surface area contributed by atoms with Gasteiger partial charge in [0.15, 0.2) is 35.9 Å². The van der Waals surface area contributed by atoms with Gasteiger partial charge in [0, 0.05) is 21.5 Å². The summed E-state index contributed by atoms with van der Waals surface area (Å²) in [4.78, 5) is 12.2. The summed E-state index contributed by atoms with van der Waals surface area (Å²) < 4.78 is 36.7. The summed E-state index contributed by atoms with van der Waals surface area (Å²) in [5.74, 6) is 3.94. The van der Waals surface area contributed by atoms with E-state index in [4.69, 9.17) is 30.9 Å². The average molecular weight is 1120 g/mol. The topological polar surface area (TPSA) is 131 Å². The van der Waals surface area contributed by atoms with Crippen LogP contribution in [0.15, 0.2) is 227 Å². The molecule has 10 heteroatoms. The zero-order chi connectivity index (χ0) is 59.9. The Bertz CT molecular complexity index is 3480. The molecule has 10 nitrogen and oxygen atoms in total. The van der Waals surface area contributed by atoms with Gasteiger partial charge in [-0.1, -0.05) is 152 Å². The van der Waals surface area contributed by atoms with Crippen LogP contribution in [0.1, 0.15) is 177 Å². The Morgan fingerprint density at radius 2 is 0.488 bits per heavy atom. The van der Waals surface area contributed by atoms with Crippen LogP contribution in [0.4, 0.5) is 0 Å². The summed E-state index contributed by atoms with van der Waals surface area (Å²) in [6.45, 7) is 30.5. The largest absolute Gasteiger partial charge is 0.464 e. The van der Waals surface area contributed by atoms with Crippen LogP contribution in [0.2, 0.25) is 0 Å². The Balaban J connectivity index is 0.000000128. The summed E-state index contributed by atoms with van der Waals surface area (Å²) in [5, 5.41) is 4.75. The van der Waals surface area contributed by atoms with Crippen LogP contribution in [0.3, 0.4) is 0 Å². The average Bonchev–Trinajstić information content (AvgIpc) is 4.45. The summed E-state index contributed by atoms with van der Waals surface area (Å²) in [7, 11) is 0. The van der Waals surface area contributed by atoms with Crippen molar-refractivity contribution >= 4 is 77.2 Å². The van der Waals surface area contributed by atoms with E-state index in [1.165, 1.54) is 79.7 Å². The van der Waals surface area contributed by atoms with Crippen LogP contribution in [0, 0.1) is 0 Å². The van der Waals surface area contributed by atoms with Crippen molar-refractivity contribution in [1.29, 1.82) is 0 Å². The zero-order valence-electron chi connectivity index (χ0n) is 51.2. The Kier molecular flexibility index (Phi) is 21.0. The van der Waals surface area contributed by atoms with Gasteiger partial charge in [-0.25, -0.2) is 15.0 Å². The number of hydrogen-bond donors (Lipinski definition) is 0. The lowest BCUT2D eigenvalue weighted by Crippen LogP contribution is -1.85. The van der Waals surface area contributed by atoms with Crippen molar-refractivity contribution in [3.63, 3.8) is 0 Å². The van der Waals surface area contributed by atoms with E-state index in [1.54, 1.807) is 25.1 Å². The summed E-state index contributed by atoms with van der Waals surface area (Å²) in [6.07, 6.45) is 11.4. The highest BCUT2D eigenvalue weighted by Gasteiger charge is 2.08. The van der Waals surface area contributed by atoms with Crippen molar-refractivity contribution < 1.29 is 30.9 Å². The quantitative estimate of drug-likeness (QED) is 0.152. The maximum absolute atomic E-state index is 5.31. The molecule has 0 unspecified atom stereocenters. The van der Waals surface area contributed by atoms with Gasteiger partial charge in [-0.15, -0.1) is 0 Å². The van der Waals surface area contributed by atoms with Crippen molar-refractivity contribution in [2.24, 2.45) is 0 Å². The summed E-state index contributed by atoms with van der Waals surface area (Å²) in [5.41, 5.74) is 18.6. The lowest BCUT2D eigenvalue weighted by molar-refractivity contribution is 0.601. The third kappa shape index (κ3) is 16.4. The summed E-state index contributed by atoms with van der Waals surface area (Å²) in [6, 6.07) is 51.8. The summed E-state index contributed by atoms with van der Waals surface area (Å²) >= 11 is 0. The molecule has 0 amide bonds. The molecule has 0 spiro atoms. The lowest BCUT2D eigenvalue weighted by atomic mass is 10.0. The number of oxazole rings is 3. The van der Waals surface area contributed by atoms with Crippen molar-refractivity contribution in [2.45, 2.75) is 138 Å². The Morgan fingerprint density at radius 3 is 0.869 bits per heavy atom. The molecule has 0 fully saturated rings. The number of fused-ring (bicyclic) bond motifs is 7. The standard InChI is InChI=1S/4C11H12O.3C10H11NO/c2*1-8(2)9-3-4-11-10(7-9)5-6-12-11;2*1-8(2)10-4-3-9-5-6-12-11(9)7-10;1-7(2)8-3-4-10-9(5-8)11-6-12-10;2*1-7(2)8-3-4-9-10(5-8)12-6-11-9/h4*3-8H,1-2H3;3*3-7H,1-2H3. The zero-order valence-corrected chi connectivity index (χ0v) is 51.2. The molecule has 14 rings (SSSR count). The number of benzene rings is 7. The van der Waals surface area contributed by atoms with E-state index >= 15 is 0 Å². The van der Waals surface area contributed by atoms with Crippen molar-refractivity contribution in [1.82, 2.24) is 15.0 Å². The molecule has 0 atom stereocenters. The number of rotatable bonds is 7. The molecule has 14 aromatic rings. The van der Waals surface area contributed by atoms with Gasteiger partial charge >= 0.3 is 0 Å². The van der Waals surface area contributed by atoms with E-state index in [2.05, 4.69) is 197 Å². The molecule has 0 saturated heterocycles. The molecule has 434 valence electrons. The third-order valence-corrected chi connectivity index (χ3v) is 14.6. The van der Waals surface area contributed by atoms with Crippen molar-refractivity contribution in [2.75, 3.05) is 0 Å². The minimum Gasteiger partial charge on any atom is -0.464 e. The number of hydrogen-bond acceptors (Lipinski definition) is 10. The molecule has 0 aliphatic heterocycles. The van der Waals surface area contributed by atoms with Crippen LogP contribution < -0.4 is 0 Å². The SMILES string of the molecule is CC(C)c1ccc2ccoc2c1.CC(C)c1ccc2ccoc2c1.CC(C)c1ccc2ncoc2c1.CC(C)c1ccc2ncoc2c1.CC(C)c1ccc2occc2c1.CC(C)c1ccc2occc2c1.CC(C)c1ccc2ocnc2c1. The highest BCUT2D eigenvalue weighted by Crippen LogP contribution is 2.27. The van der Waals surface area contributed by atoms with Gasteiger partial charge in [0.25, 0.3) is 0 Å². The fourth-order valence-corrected chi connectivity index (χ4v) is 9.05. The van der Waals surface area contributed by atoms with E-state index in [0.717, 1.165) is 55.6 Å². The first kappa shape index (κ1) is 61.2. The molecular formula is C74H81N3O7. The van der Waals surface area contributed by atoms with Crippen LogP contribution in [0.5, 0.6) is 0 Å². The fraction of sp³-hybridized carbons (Fsp3) is 0.284. The van der Waals surface area contributed by atoms with E-state index in [1.807, 2.05) is 66.7 Å². The molecule has 0 radical (unpaired) electrons. The van der Waals surface area contributed by atoms with Crippen LogP contribution in [-0.4, -0.2) is 15.0 Å². The maximum atomic E-state index is 5.31. The minimum atomic E-state index is 0.541. The van der Waals surface area contributed by atoms with E-state index < -0.39 is 0 Å². The molecule has 0 saturated carbocycles. The monoisotopic (exact) mass is 1120 g/mol. The van der Waals surface area contributed by atoms with Gasteiger partial charge in [0.05, 0.1) is 25.1 Å². The molecule has 0 bridgehead atoms. The van der Waals surface area contributed by atoms with Crippen LogP contribution >= 0.6 is 0 Å². The first-order chi connectivity index (χ1) is 40.4. The van der Waals surface area contributed by atoms with Gasteiger partial charge in [-0.05, 0) is 177 Å². The number of nitrogens with zero attached hydrogens (tertiary/aromatic N) is 3. The fourth-order valence-electron chi connectivity index (χ4n) is 9.05. The van der Waals surface area contributed by atoms with E-state index in [9.17, 15) is 0 Å². The molecule has 0 N–H and O–H groups in total. The lowest BCUT2D eigenvalue weighted by Gasteiger charge is -2.03. The predicted octanol–water partition coefficient (Wildman–Crippen LogP) is 23.1. The first-order valence-electron chi connectivity index (χ1n) is 29.3. The molecule has 84 heavy (non-hydrogen) atoms. The molecule has 7 aromatic heterocycles. The molecular weight excluding hydrogens is 1040 g/mol. The highest BCUT2D eigenvalue weighted by molar-refractivity contribution is 5.80. The number of aromatic nitrogens is 3. The van der Waals surface area contributed by atoms with Crippen LogP contribution in [0.25, 0.3) is 77.2 Å². The van der Waals surface area contributed by atoms with Crippen molar-refractivity contribution in [3.05, 3.63) is 235 Å². The molecule has 0 aliphatic carbocycles. The second-order valence-corrected chi connectivity index (χ2v) is 23.2. The van der Waals surface area contributed by atoms with E-state index in [-0.39, 0.29) is 0 Å². The van der Waals surface area contributed by atoms with Gasteiger partial charge < -0.3 is 30.9 Å². The second-order valence-electron chi connectivity index (χ2n) is 23.2. The van der Waals surface area contributed by atoms with Gasteiger partial charge in [-0.2, -0.15) is 0 Å². The maximum Gasteiger partial charge on any atom is 0.181 e. The second kappa shape index (κ2) is 28.9.